The number of anilines is 1. The van der Waals surface area contributed by atoms with Crippen molar-refractivity contribution in [2.45, 2.75) is 6.92 Å². The Bertz CT molecular complexity index is 403. The zero-order valence-corrected chi connectivity index (χ0v) is 7.73. The summed E-state index contributed by atoms with van der Waals surface area (Å²) < 4.78 is 0. The zero-order valence-electron chi connectivity index (χ0n) is 7.73. The minimum atomic E-state index is -0.147. The van der Waals surface area contributed by atoms with Gasteiger partial charge >= 0.3 is 0 Å². The molecule has 15 heavy (non-hydrogen) atoms. The first-order chi connectivity index (χ1) is 7.30. The molecule has 0 atom stereocenters. The number of nitrogens with one attached hydrogen (secondary N) is 1. The molecule has 10 nitrogen and oxygen atoms in total. The number of nitrogens with zero attached hydrogens (tertiary/aromatic N) is 9. The van der Waals surface area contributed by atoms with E-state index in [-0.39, 0.29) is 17.8 Å². The predicted octanol–water partition coefficient (Wildman–Crippen LogP) is 2.19. The minimum Gasteiger partial charge on any atom is -0.354 e. The number of hydrogen-bond donors (Lipinski definition) is 1. The van der Waals surface area contributed by atoms with Gasteiger partial charge in [0.2, 0.25) is 17.8 Å². The van der Waals surface area contributed by atoms with Gasteiger partial charge in [-0.3, -0.25) is 0 Å². The molecule has 0 fully saturated rings. The molecular weight excluding hydrogens is 200 g/mol. The van der Waals surface area contributed by atoms with Crippen molar-refractivity contribution < 1.29 is 0 Å². The number of aromatic nitrogens is 3. The summed E-state index contributed by atoms with van der Waals surface area (Å²) in [5, 5.41) is 9.15. The number of hydrogen-bond acceptors (Lipinski definition) is 6. The van der Waals surface area contributed by atoms with E-state index in [0.717, 1.165) is 0 Å². The van der Waals surface area contributed by atoms with Crippen molar-refractivity contribution in [1.29, 1.82) is 0 Å². The monoisotopic (exact) mass is 206 g/mol. The lowest BCUT2D eigenvalue weighted by Gasteiger charge is -2.01. The van der Waals surface area contributed by atoms with Crippen LogP contribution in [0.4, 0.5) is 17.8 Å². The Hall–Kier alpha value is -2.57. The normalized spacial score (nSPS) is 8.60. The molecule has 0 amide bonds. The molecular formula is C5H6N10. The van der Waals surface area contributed by atoms with Crippen molar-refractivity contribution in [3.05, 3.63) is 20.9 Å². The van der Waals surface area contributed by atoms with E-state index in [9.17, 15) is 0 Å². The third-order valence-electron chi connectivity index (χ3n) is 1.22. The maximum absolute atomic E-state index is 8.20. The molecule has 0 bridgehead atoms. The van der Waals surface area contributed by atoms with Crippen LogP contribution in [0.1, 0.15) is 6.92 Å². The van der Waals surface area contributed by atoms with Crippen LogP contribution in [-0.2, 0) is 0 Å². The summed E-state index contributed by atoms with van der Waals surface area (Å²) in [6, 6.07) is 0. The second kappa shape index (κ2) is 5.22. The second-order valence-corrected chi connectivity index (χ2v) is 2.17. The van der Waals surface area contributed by atoms with Crippen molar-refractivity contribution in [1.82, 2.24) is 15.0 Å². The van der Waals surface area contributed by atoms with E-state index in [4.69, 9.17) is 11.1 Å². The van der Waals surface area contributed by atoms with Crippen LogP contribution in [0.15, 0.2) is 10.2 Å². The highest BCUT2D eigenvalue weighted by molar-refractivity contribution is 5.36. The molecule has 1 heterocycles. The van der Waals surface area contributed by atoms with Crippen LogP contribution < -0.4 is 5.32 Å². The van der Waals surface area contributed by atoms with Crippen LogP contribution in [0.5, 0.6) is 0 Å². The maximum atomic E-state index is 8.20. The summed E-state index contributed by atoms with van der Waals surface area (Å²) >= 11 is 0. The summed E-state index contributed by atoms with van der Waals surface area (Å²) in [5.74, 6) is -0.103. The van der Waals surface area contributed by atoms with Crippen molar-refractivity contribution in [3.8, 4) is 0 Å². The molecule has 0 radical (unpaired) electrons. The van der Waals surface area contributed by atoms with Gasteiger partial charge in [-0.1, -0.05) is 0 Å². The van der Waals surface area contributed by atoms with Crippen molar-refractivity contribution in [2.75, 3.05) is 11.9 Å². The third-order valence-corrected chi connectivity index (χ3v) is 1.22. The van der Waals surface area contributed by atoms with Gasteiger partial charge in [0.15, 0.2) is 0 Å². The van der Waals surface area contributed by atoms with Gasteiger partial charge in [0, 0.05) is 16.4 Å². The molecule has 1 N–H and O–H groups in total. The Kier molecular flexibility index (Phi) is 3.66. The van der Waals surface area contributed by atoms with Crippen molar-refractivity contribution in [2.24, 2.45) is 10.2 Å². The fourth-order valence-corrected chi connectivity index (χ4v) is 0.760. The highest BCUT2D eigenvalue weighted by Crippen LogP contribution is 2.13. The third kappa shape index (κ3) is 2.99. The van der Waals surface area contributed by atoms with Crippen LogP contribution in [0.2, 0.25) is 0 Å². The standard InChI is InChI=1S/C5H6N10/c1-2-8-3-9-4(12-14-6)11-5(10-3)13-15-7/h2H2,1H3,(H,8,9,10,11). The lowest BCUT2D eigenvalue weighted by atomic mass is 10.7. The SMILES string of the molecule is CCNc1nc(N=[N+]=[N-])nc(N=[N+]=[N-])n1. The first kappa shape index (κ1) is 10.5. The minimum absolute atomic E-state index is 0.147. The zero-order chi connectivity index (χ0) is 11.1. The fraction of sp³-hybridized carbons (Fsp3) is 0.400. The predicted molar refractivity (Wildman–Crippen MR) is 51.6 cm³/mol. The van der Waals surface area contributed by atoms with Crippen LogP contribution in [0.3, 0.4) is 0 Å². The van der Waals surface area contributed by atoms with Gasteiger partial charge < -0.3 is 5.32 Å². The van der Waals surface area contributed by atoms with Gasteiger partial charge in [-0.25, -0.2) is 4.98 Å². The van der Waals surface area contributed by atoms with Gasteiger partial charge in [-0.05, 0) is 28.2 Å². The molecule has 1 rings (SSSR count). The van der Waals surface area contributed by atoms with E-state index in [1.54, 1.807) is 0 Å². The largest absolute Gasteiger partial charge is 0.354 e. The van der Waals surface area contributed by atoms with Crippen molar-refractivity contribution >= 4 is 17.8 Å². The van der Waals surface area contributed by atoms with E-state index < -0.39 is 0 Å². The second-order valence-electron chi connectivity index (χ2n) is 2.17. The topological polar surface area (TPSA) is 148 Å². The van der Waals surface area contributed by atoms with Crippen LogP contribution in [-0.4, -0.2) is 21.5 Å². The van der Waals surface area contributed by atoms with Crippen LogP contribution >= 0.6 is 0 Å². The molecule has 0 saturated carbocycles. The van der Waals surface area contributed by atoms with Gasteiger partial charge in [-0.2, -0.15) is 9.97 Å². The van der Waals surface area contributed by atoms with Crippen molar-refractivity contribution in [3.63, 3.8) is 0 Å². The Morgan fingerprint density at radius 1 is 1.13 bits per heavy atom. The molecule has 0 aromatic carbocycles. The van der Waals surface area contributed by atoms with Gasteiger partial charge in [0.25, 0.3) is 0 Å². The summed E-state index contributed by atoms with van der Waals surface area (Å²) in [7, 11) is 0. The molecule has 1 aromatic rings. The Morgan fingerprint density at radius 2 is 1.67 bits per heavy atom. The molecule has 76 valence electrons. The molecule has 1 aromatic heterocycles. The molecule has 0 aliphatic carbocycles. The average molecular weight is 206 g/mol. The summed E-state index contributed by atoms with van der Waals surface area (Å²) in [5.41, 5.74) is 16.4. The molecule has 0 spiro atoms. The molecule has 0 saturated heterocycles. The van der Waals surface area contributed by atoms with E-state index in [1.807, 2.05) is 6.92 Å². The smallest absolute Gasteiger partial charge is 0.226 e. The van der Waals surface area contributed by atoms with E-state index >= 15 is 0 Å². The fourth-order valence-electron chi connectivity index (χ4n) is 0.760. The molecule has 10 heteroatoms. The quantitative estimate of drug-likeness (QED) is 0.456. The lowest BCUT2D eigenvalue weighted by molar-refractivity contribution is 0.997. The summed E-state index contributed by atoms with van der Waals surface area (Å²) in [6.07, 6.45) is 0. The lowest BCUT2D eigenvalue weighted by Crippen LogP contribution is -2.02. The number of azide groups is 2. The van der Waals surface area contributed by atoms with E-state index in [2.05, 4.69) is 40.3 Å². The Balaban J connectivity index is 3.18. The molecule has 0 aliphatic heterocycles. The first-order valence-electron chi connectivity index (χ1n) is 3.90. The highest BCUT2D eigenvalue weighted by Gasteiger charge is 2.02. The first-order valence-corrected chi connectivity index (χ1v) is 3.90. The summed E-state index contributed by atoms with van der Waals surface area (Å²) in [6.45, 7) is 2.42. The highest BCUT2D eigenvalue weighted by atomic mass is 15.3. The van der Waals surface area contributed by atoms with Gasteiger partial charge in [0.1, 0.15) is 0 Å². The number of rotatable bonds is 4. The van der Waals surface area contributed by atoms with Gasteiger partial charge in [0.05, 0.1) is 0 Å². The van der Waals surface area contributed by atoms with Crippen LogP contribution in [0, 0.1) is 0 Å². The average Bonchev–Trinajstić information content (AvgIpc) is 2.19. The van der Waals surface area contributed by atoms with E-state index in [1.165, 1.54) is 0 Å². The van der Waals surface area contributed by atoms with E-state index in [0.29, 0.717) is 6.54 Å². The molecule has 0 unspecified atom stereocenters. The maximum Gasteiger partial charge on any atom is 0.226 e. The molecule has 0 aliphatic rings. The Morgan fingerprint density at radius 3 is 2.07 bits per heavy atom. The van der Waals surface area contributed by atoms with Gasteiger partial charge in [-0.15, -0.1) is 0 Å². The Labute approximate surface area is 83.6 Å². The summed E-state index contributed by atoms with van der Waals surface area (Å²) in [4.78, 5) is 16.1. The van der Waals surface area contributed by atoms with Crippen LogP contribution in [0.25, 0.3) is 20.9 Å².